The zero-order valence-corrected chi connectivity index (χ0v) is 12.0. The van der Waals surface area contributed by atoms with Crippen LogP contribution in [0.5, 0.6) is 0 Å². The molecule has 0 aliphatic heterocycles. The van der Waals surface area contributed by atoms with Crippen molar-refractivity contribution < 1.29 is 8.42 Å². The third-order valence-electron chi connectivity index (χ3n) is 2.93. The molecule has 18 heavy (non-hydrogen) atoms. The Morgan fingerprint density at radius 3 is 2.61 bits per heavy atom. The van der Waals surface area contributed by atoms with Crippen molar-refractivity contribution in [3.05, 3.63) is 29.3 Å². The van der Waals surface area contributed by atoms with Gasteiger partial charge in [0.05, 0.1) is 4.90 Å². The summed E-state index contributed by atoms with van der Waals surface area (Å²) in [5.74, 6) is 0. The van der Waals surface area contributed by atoms with Crippen LogP contribution in [0.3, 0.4) is 0 Å². The third kappa shape index (κ3) is 3.80. The number of nitrogens with two attached hydrogens (primary N) is 1. The molecule has 1 rings (SSSR count). The Morgan fingerprint density at radius 1 is 1.39 bits per heavy atom. The summed E-state index contributed by atoms with van der Waals surface area (Å²) in [7, 11) is -3.44. The first-order chi connectivity index (χ1) is 8.40. The van der Waals surface area contributed by atoms with E-state index in [1.165, 1.54) is 0 Å². The summed E-state index contributed by atoms with van der Waals surface area (Å²) < 4.78 is 27.0. The molecule has 1 aromatic carbocycles. The number of hydrogen-bond acceptors (Lipinski definition) is 3. The Hall–Kier alpha value is -0.910. The monoisotopic (exact) mass is 270 g/mol. The molecule has 1 aromatic rings. The molecule has 0 spiro atoms. The first-order valence-corrected chi connectivity index (χ1v) is 7.71. The van der Waals surface area contributed by atoms with Gasteiger partial charge in [-0.05, 0) is 43.5 Å². The highest BCUT2D eigenvalue weighted by Crippen LogP contribution is 2.16. The average Bonchev–Trinajstić information content (AvgIpc) is 2.28. The maximum atomic E-state index is 12.1. The van der Waals surface area contributed by atoms with Crippen molar-refractivity contribution in [3.63, 3.8) is 0 Å². The van der Waals surface area contributed by atoms with Crippen LogP contribution in [0.2, 0.25) is 0 Å². The van der Waals surface area contributed by atoms with E-state index in [-0.39, 0.29) is 10.9 Å². The highest BCUT2D eigenvalue weighted by Gasteiger charge is 2.17. The normalized spacial score (nSPS) is 13.6. The fourth-order valence-electron chi connectivity index (χ4n) is 1.86. The van der Waals surface area contributed by atoms with E-state index in [0.717, 1.165) is 24.0 Å². The SMILES string of the molecule is CCCC(C)NS(=O)(=O)c1ccc(C)c(CN)c1. The van der Waals surface area contributed by atoms with Crippen molar-refractivity contribution in [2.45, 2.75) is 51.1 Å². The lowest BCUT2D eigenvalue weighted by atomic mass is 10.1. The van der Waals surface area contributed by atoms with Crippen molar-refractivity contribution in [2.75, 3.05) is 0 Å². The molecule has 0 aliphatic rings. The number of hydrogen-bond donors (Lipinski definition) is 2. The van der Waals surface area contributed by atoms with Crippen molar-refractivity contribution in [1.29, 1.82) is 0 Å². The van der Waals surface area contributed by atoms with Gasteiger partial charge in [0, 0.05) is 12.6 Å². The molecule has 0 heterocycles. The Kier molecular flexibility index (Phi) is 5.31. The molecule has 0 aromatic heterocycles. The molecule has 4 nitrogen and oxygen atoms in total. The molecule has 102 valence electrons. The van der Waals surface area contributed by atoms with Crippen LogP contribution in [0.25, 0.3) is 0 Å². The number of benzene rings is 1. The molecule has 0 saturated heterocycles. The standard InChI is InChI=1S/C13H22N2O2S/c1-4-5-11(3)15-18(16,17)13-7-6-10(2)12(8-13)9-14/h6-8,11,15H,4-5,9,14H2,1-3H3. The van der Waals surface area contributed by atoms with Crippen LogP contribution in [-0.2, 0) is 16.6 Å². The van der Waals surface area contributed by atoms with Gasteiger partial charge >= 0.3 is 0 Å². The quantitative estimate of drug-likeness (QED) is 0.829. The largest absolute Gasteiger partial charge is 0.326 e. The van der Waals surface area contributed by atoms with E-state index in [4.69, 9.17) is 5.73 Å². The van der Waals surface area contributed by atoms with Gasteiger partial charge in [0.15, 0.2) is 0 Å². The van der Waals surface area contributed by atoms with Crippen LogP contribution in [0.15, 0.2) is 23.1 Å². The second-order valence-electron chi connectivity index (χ2n) is 4.60. The van der Waals surface area contributed by atoms with Gasteiger partial charge in [-0.15, -0.1) is 0 Å². The van der Waals surface area contributed by atoms with Crippen LogP contribution in [0, 0.1) is 6.92 Å². The molecule has 0 aliphatic carbocycles. The third-order valence-corrected chi connectivity index (χ3v) is 4.52. The predicted molar refractivity (Wildman–Crippen MR) is 73.8 cm³/mol. The summed E-state index contributed by atoms with van der Waals surface area (Å²) in [6, 6.07) is 5.01. The molecule has 0 fully saturated rings. The summed E-state index contributed by atoms with van der Waals surface area (Å²) in [6.45, 7) is 6.17. The van der Waals surface area contributed by atoms with Crippen LogP contribution in [-0.4, -0.2) is 14.5 Å². The fraction of sp³-hybridized carbons (Fsp3) is 0.538. The molecule has 0 radical (unpaired) electrons. The molecule has 0 saturated carbocycles. The molecule has 0 bridgehead atoms. The lowest BCUT2D eigenvalue weighted by Gasteiger charge is -2.14. The zero-order chi connectivity index (χ0) is 13.8. The van der Waals surface area contributed by atoms with Crippen molar-refractivity contribution in [1.82, 2.24) is 4.72 Å². The maximum Gasteiger partial charge on any atom is 0.240 e. The number of aryl methyl sites for hydroxylation is 1. The molecule has 1 atom stereocenters. The van der Waals surface area contributed by atoms with E-state index in [2.05, 4.69) is 4.72 Å². The smallest absolute Gasteiger partial charge is 0.240 e. The summed E-state index contributed by atoms with van der Waals surface area (Å²) in [4.78, 5) is 0.288. The zero-order valence-electron chi connectivity index (χ0n) is 11.2. The van der Waals surface area contributed by atoms with Gasteiger partial charge in [-0.25, -0.2) is 13.1 Å². The van der Waals surface area contributed by atoms with E-state index < -0.39 is 10.0 Å². The Bertz CT molecular complexity index is 498. The summed E-state index contributed by atoms with van der Waals surface area (Å²) in [6.07, 6.45) is 1.78. The fourth-order valence-corrected chi connectivity index (χ4v) is 3.19. The van der Waals surface area contributed by atoms with Crippen LogP contribution >= 0.6 is 0 Å². The number of sulfonamides is 1. The second-order valence-corrected chi connectivity index (χ2v) is 6.32. The summed E-state index contributed by atoms with van der Waals surface area (Å²) >= 11 is 0. The van der Waals surface area contributed by atoms with Crippen molar-refractivity contribution >= 4 is 10.0 Å². The average molecular weight is 270 g/mol. The first-order valence-electron chi connectivity index (χ1n) is 6.22. The van der Waals surface area contributed by atoms with E-state index in [0.29, 0.717) is 6.54 Å². The van der Waals surface area contributed by atoms with Crippen LogP contribution in [0.1, 0.15) is 37.8 Å². The highest BCUT2D eigenvalue weighted by molar-refractivity contribution is 7.89. The van der Waals surface area contributed by atoms with Gasteiger partial charge in [0.25, 0.3) is 0 Å². The van der Waals surface area contributed by atoms with E-state index >= 15 is 0 Å². The van der Waals surface area contributed by atoms with Gasteiger partial charge < -0.3 is 5.73 Å². The molecule has 5 heteroatoms. The minimum absolute atomic E-state index is 0.0531. The minimum Gasteiger partial charge on any atom is -0.326 e. The summed E-state index contributed by atoms with van der Waals surface area (Å²) in [5, 5.41) is 0. The maximum absolute atomic E-state index is 12.1. The minimum atomic E-state index is -3.44. The van der Waals surface area contributed by atoms with Crippen LogP contribution < -0.4 is 10.5 Å². The predicted octanol–water partition coefficient (Wildman–Crippen LogP) is 1.92. The first kappa shape index (κ1) is 15.1. The number of rotatable bonds is 6. The van der Waals surface area contributed by atoms with Crippen molar-refractivity contribution in [3.8, 4) is 0 Å². The molecule has 3 N–H and O–H groups in total. The highest BCUT2D eigenvalue weighted by atomic mass is 32.2. The van der Waals surface area contributed by atoms with E-state index in [1.807, 2.05) is 20.8 Å². The second kappa shape index (κ2) is 6.31. The molecular formula is C13H22N2O2S. The topological polar surface area (TPSA) is 72.2 Å². The lowest BCUT2D eigenvalue weighted by molar-refractivity contribution is 0.544. The lowest BCUT2D eigenvalue weighted by Crippen LogP contribution is -2.32. The Balaban J connectivity index is 2.98. The van der Waals surface area contributed by atoms with Crippen molar-refractivity contribution in [2.24, 2.45) is 5.73 Å². The van der Waals surface area contributed by atoms with E-state index in [9.17, 15) is 8.42 Å². The van der Waals surface area contributed by atoms with Gasteiger partial charge in [0.1, 0.15) is 0 Å². The molecular weight excluding hydrogens is 248 g/mol. The summed E-state index contributed by atoms with van der Waals surface area (Å²) in [5.41, 5.74) is 7.47. The Morgan fingerprint density at radius 2 is 2.06 bits per heavy atom. The van der Waals surface area contributed by atoms with Gasteiger partial charge in [-0.1, -0.05) is 19.4 Å². The molecule has 1 unspecified atom stereocenters. The number of nitrogens with one attached hydrogen (secondary N) is 1. The van der Waals surface area contributed by atoms with Gasteiger partial charge in [0.2, 0.25) is 10.0 Å². The Labute approximate surface area is 110 Å². The van der Waals surface area contributed by atoms with Gasteiger partial charge in [-0.3, -0.25) is 0 Å². The molecule has 0 amide bonds. The van der Waals surface area contributed by atoms with E-state index in [1.54, 1.807) is 18.2 Å². The van der Waals surface area contributed by atoms with Crippen LogP contribution in [0.4, 0.5) is 0 Å². The van der Waals surface area contributed by atoms with Gasteiger partial charge in [-0.2, -0.15) is 0 Å².